The van der Waals surface area contributed by atoms with Gasteiger partial charge in [0.15, 0.2) is 5.65 Å². The van der Waals surface area contributed by atoms with Crippen LogP contribution < -0.4 is 5.32 Å². The Morgan fingerprint density at radius 1 is 1.32 bits per heavy atom. The van der Waals surface area contributed by atoms with Crippen molar-refractivity contribution in [2.45, 2.75) is 13.5 Å². The van der Waals surface area contributed by atoms with Crippen LogP contribution in [0.5, 0.6) is 0 Å². The average Bonchev–Trinajstić information content (AvgIpc) is 3.09. The maximum atomic E-state index is 13.3. The fourth-order valence-corrected chi connectivity index (χ4v) is 2.38. The molecule has 0 aliphatic heterocycles. The Morgan fingerprint density at radius 3 is 2.84 bits per heavy atom. The molecule has 25 heavy (non-hydrogen) atoms. The van der Waals surface area contributed by atoms with Crippen LogP contribution in [0.1, 0.15) is 32.1 Å². The second-order valence-corrected chi connectivity index (χ2v) is 5.41. The molecule has 7 nitrogen and oxygen atoms in total. The van der Waals surface area contributed by atoms with Crippen LogP contribution in [0.15, 0.2) is 36.8 Å². The highest BCUT2D eigenvalue weighted by atomic mass is 19.1. The number of benzene rings is 1. The Labute approximate surface area is 142 Å². The fraction of sp³-hybridized carbons (Fsp3) is 0.176. The maximum absolute atomic E-state index is 13.3. The number of hydrogen-bond donors (Lipinski definition) is 1. The summed E-state index contributed by atoms with van der Waals surface area (Å²) in [6.07, 6.45) is 2.85. The van der Waals surface area contributed by atoms with Gasteiger partial charge in [0.2, 0.25) is 0 Å². The van der Waals surface area contributed by atoms with Crippen molar-refractivity contribution in [3.63, 3.8) is 0 Å². The lowest BCUT2D eigenvalue weighted by atomic mass is 10.1. The molecule has 0 saturated heterocycles. The number of nitrogens with one attached hydrogen (secondary N) is 1. The van der Waals surface area contributed by atoms with Gasteiger partial charge in [0.05, 0.1) is 13.3 Å². The van der Waals surface area contributed by atoms with Gasteiger partial charge in [-0.25, -0.2) is 19.2 Å². The Kier molecular flexibility index (Phi) is 4.42. The van der Waals surface area contributed by atoms with Crippen LogP contribution in [0.3, 0.4) is 0 Å². The highest BCUT2D eigenvalue weighted by molar-refractivity contribution is 5.96. The van der Waals surface area contributed by atoms with E-state index in [0.29, 0.717) is 11.2 Å². The molecule has 0 fully saturated rings. The summed E-state index contributed by atoms with van der Waals surface area (Å²) in [6.45, 7) is 1.86. The number of nitrogens with zero attached hydrogens (tertiary/aromatic N) is 3. The van der Waals surface area contributed by atoms with Crippen molar-refractivity contribution in [3.8, 4) is 0 Å². The first-order chi connectivity index (χ1) is 12.0. The van der Waals surface area contributed by atoms with Gasteiger partial charge >= 0.3 is 5.97 Å². The molecular formula is C17H15FN4O3. The number of rotatable bonds is 4. The van der Waals surface area contributed by atoms with Gasteiger partial charge in [0, 0.05) is 12.6 Å². The van der Waals surface area contributed by atoms with E-state index in [9.17, 15) is 14.0 Å². The molecular weight excluding hydrogens is 327 g/mol. The molecule has 2 aromatic heterocycles. The second-order valence-electron chi connectivity index (χ2n) is 5.41. The number of halogens is 1. The van der Waals surface area contributed by atoms with Gasteiger partial charge in [-0.15, -0.1) is 0 Å². The van der Waals surface area contributed by atoms with Gasteiger partial charge in [-0.05, 0) is 24.1 Å². The molecule has 0 atom stereocenters. The minimum Gasteiger partial charge on any atom is -0.464 e. The quantitative estimate of drug-likeness (QED) is 0.732. The number of aromatic nitrogens is 3. The number of ether oxygens (including phenoxy) is 1. The first-order valence-electron chi connectivity index (χ1n) is 7.44. The molecule has 3 rings (SSSR count). The summed E-state index contributed by atoms with van der Waals surface area (Å²) in [7, 11) is 1.25. The summed E-state index contributed by atoms with van der Waals surface area (Å²) in [6, 6.07) is 5.94. The standard InChI is InChI=1S/C17H15FN4O3/c1-10-5-11(3-4-12(10)18)7-20-16(23)13-6-14(17(24)25-2)22-9-19-8-15(22)21-13/h3-6,8-9H,7H2,1-2H3,(H,20,23). The zero-order chi connectivity index (χ0) is 18.0. The summed E-state index contributed by atoms with van der Waals surface area (Å²) in [5, 5.41) is 2.70. The predicted molar refractivity (Wildman–Crippen MR) is 86.6 cm³/mol. The molecule has 8 heteroatoms. The molecule has 2 heterocycles. The van der Waals surface area contributed by atoms with Crippen molar-refractivity contribution < 1.29 is 18.7 Å². The zero-order valence-electron chi connectivity index (χ0n) is 13.6. The third-order valence-corrected chi connectivity index (χ3v) is 3.69. The number of fused-ring (bicyclic) bond motifs is 1. The molecule has 0 aliphatic rings. The Morgan fingerprint density at radius 2 is 2.12 bits per heavy atom. The Bertz CT molecular complexity index is 968. The summed E-state index contributed by atoms with van der Waals surface area (Å²) >= 11 is 0. The molecule has 1 N–H and O–H groups in total. The summed E-state index contributed by atoms with van der Waals surface area (Å²) in [5.74, 6) is -1.37. The van der Waals surface area contributed by atoms with Crippen molar-refractivity contribution in [1.29, 1.82) is 0 Å². The molecule has 128 valence electrons. The average molecular weight is 342 g/mol. The van der Waals surface area contributed by atoms with E-state index in [1.165, 1.54) is 36.2 Å². The smallest absolute Gasteiger partial charge is 0.355 e. The van der Waals surface area contributed by atoms with E-state index in [1.54, 1.807) is 19.1 Å². The number of hydrogen-bond acceptors (Lipinski definition) is 5. The molecule has 0 unspecified atom stereocenters. The van der Waals surface area contributed by atoms with E-state index in [2.05, 4.69) is 15.3 Å². The third-order valence-electron chi connectivity index (χ3n) is 3.69. The van der Waals surface area contributed by atoms with E-state index in [0.717, 1.165) is 5.56 Å². The lowest BCUT2D eigenvalue weighted by Gasteiger charge is -2.08. The van der Waals surface area contributed by atoms with Crippen molar-refractivity contribution >= 4 is 17.5 Å². The van der Waals surface area contributed by atoms with Gasteiger partial charge in [-0.2, -0.15) is 0 Å². The zero-order valence-corrected chi connectivity index (χ0v) is 13.6. The fourth-order valence-electron chi connectivity index (χ4n) is 2.38. The van der Waals surface area contributed by atoms with E-state index in [1.807, 2.05) is 0 Å². The van der Waals surface area contributed by atoms with Gasteiger partial charge in [-0.3, -0.25) is 9.20 Å². The van der Waals surface area contributed by atoms with Crippen LogP contribution in [0.4, 0.5) is 4.39 Å². The highest BCUT2D eigenvalue weighted by Crippen LogP contribution is 2.11. The predicted octanol–water partition coefficient (Wildman–Crippen LogP) is 1.89. The van der Waals surface area contributed by atoms with Crippen molar-refractivity contribution in [3.05, 3.63) is 65.1 Å². The molecule has 0 spiro atoms. The summed E-state index contributed by atoms with van der Waals surface area (Å²) < 4.78 is 19.4. The van der Waals surface area contributed by atoms with Crippen molar-refractivity contribution in [2.24, 2.45) is 0 Å². The summed E-state index contributed by atoms with van der Waals surface area (Å²) in [5.41, 5.74) is 1.81. The minimum absolute atomic E-state index is 0.0623. The topological polar surface area (TPSA) is 85.6 Å². The van der Waals surface area contributed by atoms with Crippen LogP contribution in [0.25, 0.3) is 5.65 Å². The number of carbonyl (C=O) groups excluding carboxylic acids is 2. The number of methoxy groups -OCH3 is 1. The Hall–Kier alpha value is -3.29. The monoisotopic (exact) mass is 342 g/mol. The number of esters is 1. The maximum Gasteiger partial charge on any atom is 0.355 e. The lowest BCUT2D eigenvalue weighted by Crippen LogP contribution is -2.25. The third kappa shape index (κ3) is 3.32. The van der Waals surface area contributed by atoms with Gasteiger partial charge in [-0.1, -0.05) is 12.1 Å². The van der Waals surface area contributed by atoms with Crippen LogP contribution >= 0.6 is 0 Å². The van der Waals surface area contributed by atoms with Crippen LogP contribution in [-0.2, 0) is 11.3 Å². The van der Waals surface area contributed by atoms with Crippen LogP contribution in [-0.4, -0.2) is 33.4 Å². The number of carbonyl (C=O) groups is 2. The number of imidazole rings is 1. The molecule has 1 aromatic carbocycles. The molecule has 0 saturated carbocycles. The SMILES string of the molecule is COC(=O)c1cc(C(=O)NCc2ccc(F)c(C)c2)nc2cncn12. The lowest BCUT2D eigenvalue weighted by molar-refractivity contribution is 0.0592. The van der Waals surface area contributed by atoms with E-state index >= 15 is 0 Å². The normalized spacial score (nSPS) is 10.7. The minimum atomic E-state index is -0.603. The van der Waals surface area contributed by atoms with E-state index < -0.39 is 11.9 Å². The van der Waals surface area contributed by atoms with Crippen LogP contribution in [0, 0.1) is 12.7 Å². The van der Waals surface area contributed by atoms with Gasteiger partial charge in [0.1, 0.15) is 23.5 Å². The van der Waals surface area contributed by atoms with Crippen molar-refractivity contribution in [1.82, 2.24) is 19.7 Å². The first kappa shape index (κ1) is 16.6. The van der Waals surface area contributed by atoms with Gasteiger partial charge in [0.25, 0.3) is 5.91 Å². The molecule has 0 bridgehead atoms. The van der Waals surface area contributed by atoms with Crippen molar-refractivity contribution in [2.75, 3.05) is 7.11 Å². The van der Waals surface area contributed by atoms with Crippen LogP contribution in [0.2, 0.25) is 0 Å². The number of amides is 1. The van der Waals surface area contributed by atoms with E-state index in [4.69, 9.17) is 4.74 Å². The highest BCUT2D eigenvalue weighted by Gasteiger charge is 2.17. The second kappa shape index (κ2) is 6.68. The largest absolute Gasteiger partial charge is 0.464 e. The first-order valence-corrected chi connectivity index (χ1v) is 7.44. The Balaban J connectivity index is 1.84. The van der Waals surface area contributed by atoms with Gasteiger partial charge < -0.3 is 10.1 Å². The molecule has 0 aliphatic carbocycles. The summed E-state index contributed by atoms with van der Waals surface area (Å²) in [4.78, 5) is 32.3. The van der Waals surface area contributed by atoms with E-state index in [-0.39, 0.29) is 23.7 Å². The number of aryl methyl sites for hydroxylation is 1. The molecule has 1 amide bonds. The molecule has 0 radical (unpaired) electrons. The molecule has 3 aromatic rings.